The van der Waals surface area contributed by atoms with E-state index in [2.05, 4.69) is 0 Å². The molecule has 0 spiro atoms. The molecule has 106 valence electrons. The Bertz CT molecular complexity index is 624. The number of nitrogens with two attached hydrogens (primary N) is 1. The first-order valence-electron chi connectivity index (χ1n) is 5.36. The van der Waals surface area contributed by atoms with Gasteiger partial charge in [-0.15, -0.1) is 0 Å². The molecule has 0 aliphatic heterocycles. The van der Waals surface area contributed by atoms with Gasteiger partial charge in [-0.05, 0) is 30.3 Å². The van der Waals surface area contributed by atoms with Crippen LogP contribution in [0.15, 0.2) is 36.4 Å². The maximum absolute atomic E-state index is 12.7. The van der Waals surface area contributed by atoms with Gasteiger partial charge in [-0.2, -0.15) is 13.2 Å². The lowest BCUT2D eigenvalue weighted by molar-refractivity contribution is -0.137. The largest absolute Gasteiger partial charge is 0.457 e. The number of alkyl halides is 3. The topological polar surface area (TPSA) is 35.2 Å². The SMILES string of the molecule is Nc1cc(Oc2cc(Cl)cc(Cl)c2)cc(C(F)(F)F)c1. The molecular weight excluding hydrogens is 314 g/mol. The van der Waals surface area contributed by atoms with Gasteiger partial charge in [0.25, 0.3) is 0 Å². The number of anilines is 1. The van der Waals surface area contributed by atoms with Crippen molar-refractivity contribution < 1.29 is 17.9 Å². The molecule has 7 heteroatoms. The van der Waals surface area contributed by atoms with Gasteiger partial charge in [0.15, 0.2) is 0 Å². The minimum Gasteiger partial charge on any atom is -0.457 e. The van der Waals surface area contributed by atoms with Gasteiger partial charge < -0.3 is 10.5 Å². The summed E-state index contributed by atoms with van der Waals surface area (Å²) in [5, 5.41) is 0.625. The van der Waals surface area contributed by atoms with Crippen LogP contribution in [-0.4, -0.2) is 0 Å². The van der Waals surface area contributed by atoms with Crippen LogP contribution in [0.4, 0.5) is 18.9 Å². The van der Waals surface area contributed by atoms with Gasteiger partial charge in [0.05, 0.1) is 5.56 Å². The third-order valence-corrected chi connectivity index (χ3v) is 2.76. The predicted molar refractivity (Wildman–Crippen MR) is 72.4 cm³/mol. The highest BCUT2D eigenvalue weighted by Gasteiger charge is 2.31. The van der Waals surface area contributed by atoms with Gasteiger partial charge in [-0.1, -0.05) is 23.2 Å². The fraction of sp³-hybridized carbons (Fsp3) is 0.0769. The summed E-state index contributed by atoms with van der Waals surface area (Å²) in [5.41, 5.74) is 4.50. The monoisotopic (exact) mass is 321 g/mol. The zero-order valence-corrected chi connectivity index (χ0v) is 11.4. The molecule has 0 amide bonds. The molecule has 0 atom stereocenters. The standard InChI is InChI=1S/C13H8Cl2F3NO/c14-8-3-9(15)5-12(4-8)20-11-2-7(13(16,17)18)1-10(19)6-11/h1-6H,19H2. The number of halogens is 5. The Hall–Kier alpha value is -1.59. The van der Waals surface area contributed by atoms with Gasteiger partial charge in [-0.3, -0.25) is 0 Å². The quantitative estimate of drug-likeness (QED) is 0.753. The van der Waals surface area contributed by atoms with E-state index in [1.807, 2.05) is 0 Å². The first-order valence-corrected chi connectivity index (χ1v) is 6.11. The third kappa shape index (κ3) is 3.71. The molecule has 0 saturated heterocycles. The summed E-state index contributed by atoms with van der Waals surface area (Å²) < 4.78 is 43.3. The Morgan fingerprint density at radius 2 is 1.40 bits per heavy atom. The zero-order chi connectivity index (χ0) is 14.9. The second-order valence-corrected chi connectivity index (χ2v) is 4.87. The Balaban J connectivity index is 2.36. The smallest absolute Gasteiger partial charge is 0.416 e. The normalized spacial score (nSPS) is 11.4. The van der Waals surface area contributed by atoms with Gasteiger partial charge in [0.2, 0.25) is 0 Å². The van der Waals surface area contributed by atoms with Crippen molar-refractivity contribution in [2.45, 2.75) is 6.18 Å². The predicted octanol–water partition coefficient (Wildman–Crippen LogP) is 5.39. The summed E-state index contributed by atoms with van der Waals surface area (Å²) in [6.45, 7) is 0. The third-order valence-electron chi connectivity index (χ3n) is 2.33. The van der Waals surface area contributed by atoms with Crippen molar-refractivity contribution in [3.8, 4) is 11.5 Å². The molecule has 0 aromatic heterocycles. The number of hydrogen-bond acceptors (Lipinski definition) is 2. The van der Waals surface area contributed by atoms with Gasteiger partial charge in [0.1, 0.15) is 11.5 Å². The molecule has 0 heterocycles. The van der Waals surface area contributed by atoms with Crippen LogP contribution in [0.25, 0.3) is 0 Å². The van der Waals surface area contributed by atoms with E-state index in [0.29, 0.717) is 10.0 Å². The van der Waals surface area contributed by atoms with E-state index in [4.69, 9.17) is 33.7 Å². The van der Waals surface area contributed by atoms with Crippen LogP contribution in [0.3, 0.4) is 0 Å². The maximum Gasteiger partial charge on any atom is 0.416 e. The van der Waals surface area contributed by atoms with Crippen LogP contribution in [0.1, 0.15) is 5.56 Å². The number of rotatable bonds is 2. The molecule has 0 unspecified atom stereocenters. The molecule has 0 radical (unpaired) electrons. The highest BCUT2D eigenvalue weighted by atomic mass is 35.5. The minimum atomic E-state index is -4.50. The Kier molecular flexibility index (Phi) is 4.01. The average molecular weight is 322 g/mol. The summed E-state index contributed by atoms with van der Waals surface area (Å²) >= 11 is 11.6. The number of nitrogen functional groups attached to an aromatic ring is 1. The fourth-order valence-electron chi connectivity index (χ4n) is 1.57. The van der Waals surface area contributed by atoms with E-state index in [0.717, 1.165) is 12.1 Å². The molecule has 2 rings (SSSR count). The molecule has 0 saturated carbocycles. The molecule has 0 fully saturated rings. The van der Waals surface area contributed by atoms with Crippen LogP contribution >= 0.6 is 23.2 Å². The molecule has 2 aromatic rings. The second-order valence-electron chi connectivity index (χ2n) is 4.00. The van der Waals surface area contributed by atoms with Crippen molar-refractivity contribution in [2.24, 2.45) is 0 Å². The van der Waals surface area contributed by atoms with Crippen molar-refractivity contribution in [3.05, 3.63) is 52.0 Å². The van der Waals surface area contributed by atoms with Crippen LogP contribution in [0, 0.1) is 0 Å². The van der Waals surface area contributed by atoms with Crippen LogP contribution in [0.2, 0.25) is 10.0 Å². The molecule has 2 N–H and O–H groups in total. The second kappa shape index (κ2) is 5.42. The first-order chi connectivity index (χ1) is 9.24. The Morgan fingerprint density at radius 3 is 1.95 bits per heavy atom. The van der Waals surface area contributed by atoms with Crippen molar-refractivity contribution in [1.82, 2.24) is 0 Å². The fourth-order valence-corrected chi connectivity index (χ4v) is 2.07. The lowest BCUT2D eigenvalue weighted by Crippen LogP contribution is -2.06. The van der Waals surface area contributed by atoms with Crippen LogP contribution in [0.5, 0.6) is 11.5 Å². The molecule has 0 aliphatic carbocycles. The molecular formula is C13H8Cl2F3NO. The molecule has 2 aromatic carbocycles. The van der Waals surface area contributed by atoms with Crippen LogP contribution in [-0.2, 0) is 6.18 Å². The summed E-state index contributed by atoms with van der Waals surface area (Å²) in [4.78, 5) is 0. The highest BCUT2D eigenvalue weighted by Crippen LogP contribution is 2.35. The minimum absolute atomic E-state index is 0.0457. The summed E-state index contributed by atoms with van der Waals surface area (Å²) in [6.07, 6.45) is -4.50. The molecule has 0 bridgehead atoms. The molecule has 20 heavy (non-hydrogen) atoms. The highest BCUT2D eigenvalue weighted by molar-refractivity contribution is 6.34. The van der Waals surface area contributed by atoms with Gasteiger partial charge in [0, 0.05) is 21.8 Å². The van der Waals surface area contributed by atoms with E-state index in [1.54, 1.807) is 0 Å². The number of hydrogen-bond donors (Lipinski definition) is 1. The van der Waals surface area contributed by atoms with Crippen LogP contribution < -0.4 is 10.5 Å². The van der Waals surface area contributed by atoms with Gasteiger partial charge >= 0.3 is 6.18 Å². The first kappa shape index (κ1) is 14.8. The van der Waals surface area contributed by atoms with E-state index < -0.39 is 11.7 Å². The number of ether oxygens (including phenoxy) is 1. The zero-order valence-electron chi connectivity index (χ0n) is 9.84. The van der Waals surface area contributed by atoms with Gasteiger partial charge in [-0.25, -0.2) is 0 Å². The summed E-state index contributed by atoms with van der Waals surface area (Å²) in [5.74, 6) is 0.178. The van der Waals surface area contributed by atoms with Crippen molar-refractivity contribution in [3.63, 3.8) is 0 Å². The summed E-state index contributed by atoms with van der Waals surface area (Å²) in [7, 11) is 0. The lowest BCUT2D eigenvalue weighted by Gasteiger charge is -2.12. The van der Waals surface area contributed by atoms with E-state index in [-0.39, 0.29) is 17.2 Å². The van der Waals surface area contributed by atoms with E-state index >= 15 is 0 Å². The van der Waals surface area contributed by atoms with E-state index in [9.17, 15) is 13.2 Å². The van der Waals surface area contributed by atoms with Crippen molar-refractivity contribution >= 4 is 28.9 Å². The Labute approximate surface area is 122 Å². The van der Waals surface area contributed by atoms with Crippen molar-refractivity contribution in [1.29, 1.82) is 0 Å². The molecule has 2 nitrogen and oxygen atoms in total. The number of benzene rings is 2. The Morgan fingerprint density at radius 1 is 0.850 bits per heavy atom. The average Bonchev–Trinajstić information content (AvgIpc) is 2.25. The summed E-state index contributed by atoms with van der Waals surface area (Å²) in [6, 6.07) is 7.32. The lowest BCUT2D eigenvalue weighted by atomic mass is 10.2. The molecule has 0 aliphatic rings. The van der Waals surface area contributed by atoms with Crippen molar-refractivity contribution in [2.75, 3.05) is 5.73 Å². The van der Waals surface area contributed by atoms with E-state index in [1.165, 1.54) is 24.3 Å². The maximum atomic E-state index is 12.7.